The molecule has 0 aliphatic carbocycles. The van der Waals surface area contributed by atoms with Crippen LogP contribution in [-0.4, -0.2) is 19.9 Å². The van der Waals surface area contributed by atoms with Crippen molar-refractivity contribution in [3.63, 3.8) is 0 Å². The van der Waals surface area contributed by atoms with Crippen molar-refractivity contribution >= 4 is 27.4 Å². The van der Waals surface area contributed by atoms with E-state index in [1.54, 1.807) is 19.3 Å². The monoisotopic (exact) mass is 337 g/mol. The molecule has 0 aliphatic heterocycles. The van der Waals surface area contributed by atoms with Gasteiger partial charge in [0.25, 0.3) is 5.69 Å². The zero-order valence-electron chi connectivity index (χ0n) is 10.9. The molecule has 0 spiro atoms. The van der Waals surface area contributed by atoms with Crippen molar-refractivity contribution < 1.29 is 4.92 Å². The first kappa shape index (κ1) is 14.3. The molecule has 2 aromatic heterocycles. The van der Waals surface area contributed by atoms with Crippen molar-refractivity contribution in [2.45, 2.75) is 20.4 Å². The second kappa shape index (κ2) is 5.91. The van der Waals surface area contributed by atoms with Crippen molar-refractivity contribution in [2.75, 3.05) is 5.32 Å². The third kappa shape index (κ3) is 3.08. The zero-order valence-corrected chi connectivity index (χ0v) is 12.5. The van der Waals surface area contributed by atoms with Crippen LogP contribution < -0.4 is 5.32 Å². The van der Waals surface area contributed by atoms with Crippen molar-refractivity contribution in [2.24, 2.45) is 0 Å². The summed E-state index contributed by atoms with van der Waals surface area (Å²) in [7, 11) is 0. The average molecular weight is 338 g/mol. The van der Waals surface area contributed by atoms with Crippen LogP contribution in [0.25, 0.3) is 0 Å². The normalized spacial score (nSPS) is 10.3. The van der Waals surface area contributed by atoms with E-state index in [9.17, 15) is 10.1 Å². The van der Waals surface area contributed by atoms with Crippen LogP contribution in [0.5, 0.6) is 0 Å². The first-order chi connectivity index (χ1) is 9.49. The van der Waals surface area contributed by atoms with Crippen molar-refractivity contribution in [3.8, 4) is 0 Å². The number of nitrogens with zero attached hydrogens (tertiary/aromatic N) is 4. The number of halogens is 1. The number of aromatic nitrogens is 3. The number of pyridine rings is 1. The molecule has 104 valence electrons. The summed E-state index contributed by atoms with van der Waals surface area (Å²) in [6, 6.07) is 0. The maximum atomic E-state index is 10.8. The fraction of sp³-hybridized carbons (Fsp3) is 0.250. The molecule has 0 saturated heterocycles. The zero-order chi connectivity index (χ0) is 14.7. The van der Waals surface area contributed by atoms with Crippen LogP contribution >= 0.6 is 15.9 Å². The minimum absolute atomic E-state index is 0.0162. The van der Waals surface area contributed by atoms with Gasteiger partial charge in [-0.05, 0) is 29.8 Å². The number of anilines is 1. The Morgan fingerprint density at radius 1 is 1.25 bits per heavy atom. The van der Waals surface area contributed by atoms with Crippen LogP contribution in [0.1, 0.15) is 17.0 Å². The first-order valence-corrected chi connectivity index (χ1v) is 6.59. The highest BCUT2D eigenvalue weighted by Crippen LogP contribution is 2.30. The molecule has 0 fully saturated rings. The molecular formula is C12H12BrN5O2. The number of aryl methyl sites for hydroxylation is 1. The number of hydrogen-bond donors (Lipinski definition) is 1. The lowest BCUT2D eigenvalue weighted by molar-refractivity contribution is -0.385. The van der Waals surface area contributed by atoms with Crippen molar-refractivity contribution in [3.05, 3.63) is 50.1 Å². The van der Waals surface area contributed by atoms with Gasteiger partial charge in [0.2, 0.25) is 0 Å². The van der Waals surface area contributed by atoms with E-state index in [0.717, 1.165) is 11.4 Å². The molecule has 2 heterocycles. The molecule has 7 nitrogen and oxygen atoms in total. The molecule has 0 unspecified atom stereocenters. The van der Waals surface area contributed by atoms with E-state index in [4.69, 9.17) is 0 Å². The summed E-state index contributed by atoms with van der Waals surface area (Å²) in [5, 5.41) is 13.9. The summed E-state index contributed by atoms with van der Waals surface area (Å²) in [4.78, 5) is 22.8. The van der Waals surface area contributed by atoms with Crippen LogP contribution in [0.2, 0.25) is 0 Å². The molecule has 0 aromatic carbocycles. The highest BCUT2D eigenvalue weighted by molar-refractivity contribution is 9.10. The highest BCUT2D eigenvalue weighted by atomic mass is 79.9. The SMILES string of the molecule is Cc1cnc(CNc2ncc([N+](=O)[O-])c(C)c2Br)cn1. The number of rotatable bonds is 4. The van der Waals surface area contributed by atoms with Crippen LogP contribution in [0.15, 0.2) is 23.1 Å². The van der Waals surface area contributed by atoms with Gasteiger partial charge in [0.15, 0.2) is 0 Å². The van der Waals surface area contributed by atoms with Gasteiger partial charge in [-0.15, -0.1) is 0 Å². The lowest BCUT2D eigenvalue weighted by Crippen LogP contribution is -2.06. The van der Waals surface area contributed by atoms with Gasteiger partial charge in [-0.2, -0.15) is 0 Å². The van der Waals surface area contributed by atoms with E-state index < -0.39 is 4.92 Å². The Hall–Kier alpha value is -2.09. The van der Waals surface area contributed by atoms with Crippen LogP contribution in [-0.2, 0) is 6.54 Å². The second-order valence-electron chi connectivity index (χ2n) is 4.19. The Labute approximate surface area is 123 Å². The first-order valence-electron chi connectivity index (χ1n) is 5.80. The van der Waals surface area contributed by atoms with Gasteiger partial charge in [-0.25, -0.2) is 4.98 Å². The third-order valence-electron chi connectivity index (χ3n) is 2.71. The summed E-state index contributed by atoms with van der Waals surface area (Å²) < 4.78 is 0.576. The molecule has 0 bridgehead atoms. The van der Waals surface area contributed by atoms with Gasteiger partial charge in [0, 0.05) is 11.8 Å². The smallest absolute Gasteiger partial charge is 0.291 e. The van der Waals surface area contributed by atoms with Crippen molar-refractivity contribution in [1.82, 2.24) is 15.0 Å². The Morgan fingerprint density at radius 2 is 2.00 bits per heavy atom. The van der Waals surface area contributed by atoms with Crippen LogP contribution in [0, 0.1) is 24.0 Å². The lowest BCUT2D eigenvalue weighted by atomic mass is 10.2. The second-order valence-corrected chi connectivity index (χ2v) is 4.98. The quantitative estimate of drug-likeness (QED) is 0.680. The Bertz CT molecular complexity index is 645. The molecule has 20 heavy (non-hydrogen) atoms. The van der Waals surface area contributed by atoms with Gasteiger partial charge in [-0.3, -0.25) is 20.1 Å². The van der Waals surface area contributed by atoms with Crippen LogP contribution in [0.3, 0.4) is 0 Å². The average Bonchev–Trinajstić information content (AvgIpc) is 2.42. The molecule has 8 heteroatoms. The standard InChI is InChI=1S/C12H12BrN5O2/c1-7-3-15-9(4-14-7)5-16-12-11(13)8(2)10(6-17-12)18(19)20/h3-4,6H,5H2,1-2H3,(H,16,17). The largest absolute Gasteiger partial charge is 0.363 e. The predicted octanol–water partition coefficient (Wildman–Crippen LogP) is 2.77. The van der Waals surface area contributed by atoms with E-state index in [-0.39, 0.29) is 5.69 Å². The van der Waals surface area contributed by atoms with Gasteiger partial charge in [0.1, 0.15) is 12.0 Å². The van der Waals surface area contributed by atoms with E-state index in [1.807, 2.05) is 6.92 Å². The molecule has 0 amide bonds. The fourth-order valence-electron chi connectivity index (χ4n) is 1.56. The summed E-state index contributed by atoms with van der Waals surface area (Å²) >= 11 is 3.32. The van der Waals surface area contributed by atoms with E-state index in [2.05, 4.69) is 36.2 Å². The topological polar surface area (TPSA) is 93.8 Å². The molecule has 0 aliphatic rings. The molecule has 0 saturated carbocycles. The maximum absolute atomic E-state index is 10.8. The van der Waals surface area contributed by atoms with E-state index in [0.29, 0.717) is 22.4 Å². The summed E-state index contributed by atoms with van der Waals surface area (Å²) in [6.45, 7) is 3.97. The molecular weight excluding hydrogens is 326 g/mol. The lowest BCUT2D eigenvalue weighted by Gasteiger charge is -2.09. The minimum atomic E-state index is -0.456. The maximum Gasteiger partial charge on any atom is 0.291 e. The Kier molecular flexibility index (Phi) is 4.23. The van der Waals surface area contributed by atoms with Gasteiger partial charge in [-0.1, -0.05) is 0 Å². The number of hydrogen-bond acceptors (Lipinski definition) is 6. The Morgan fingerprint density at radius 3 is 2.60 bits per heavy atom. The molecule has 0 radical (unpaired) electrons. The van der Waals surface area contributed by atoms with E-state index >= 15 is 0 Å². The third-order valence-corrected chi connectivity index (χ3v) is 3.68. The minimum Gasteiger partial charge on any atom is -0.363 e. The van der Waals surface area contributed by atoms with E-state index in [1.165, 1.54) is 6.20 Å². The summed E-state index contributed by atoms with van der Waals surface area (Å²) in [5.41, 5.74) is 2.12. The molecule has 0 atom stereocenters. The molecule has 1 N–H and O–H groups in total. The predicted molar refractivity (Wildman–Crippen MR) is 77.4 cm³/mol. The summed E-state index contributed by atoms with van der Waals surface area (Å²) in [5.74, 6) is 0.537. The van der Waals surface area contributed by atoms with Gasteiger partial charge in [0.05, 0.1) is 33.5 Å². The van der Waals surface area contributed by atoms with Crippen LogP contribution in [0.4, 0.5) is 11.5 Å². The summed E-state index contributed by atoms with van der Waals surface area (Å²) in [6.07, 6.45) is 4.60. The highest BCUT2D eigenvalue weighted by Gasteiger charge is 2.16. The van der Waals surface area contributed by atoms with Gasteiger partial charge >= 0.3 is 0 Å². The van der Waals surface area contributed by atoms with Crippen molar-refractivity contribution in [1.29, 1.82) is 0 Å². The Balaban J connectivity index is 2.16. The number of nitrogens with one attached hydrogen (secondary N) is 1. The van der Waals surface area contributed by atoms with Gasteiger partial charge < -0.3 is 5.32 Å². The molecule has 2 rings (SSSR count). The fourth-order valence-corrected chi connectivity index (χ4v) is 2.01. The molecule has 2 aromatic rings. The number of nitro groups is 1.